The molecule has 3 heteroatoms. The molecule has 3 N–H and O–H groups in total. The molecule has 0 saturated carbocycles. The fourth-order valence-corrected chi connectivity index (χ4v) is 1.29. The second-order valence-corrected chi connectivity index (χ2v) is 3.26. The molecule has 1 rings (SSSR count). The van der Waals surface area contributed by atoms with Crippen LogP contribution in [0.2, 0.25) is 0 Å². The zero-order valence-corrected chi connectivity index (χ0v) is 7.84. The maximum Gasteiger partial charge on any atom is 0.121 e. The lowest BCUT2D eigenvalue weighted by Gasteiger charge is -2.11. The Bertz CT molecular complexity index is 289. The number of benzene rings is 1. The van der Waals surface area contributed by atoms with E-state index < -0.39 is 12.7 Å². The van der Waals surface area contributed by atoms with E-state index >= 15 is 0 Å². The van der Waals surface area contributed by atoms with Crippen LogP contribution in [0.3, 0.4) is 0 Å². The number of halogens is 1. The molecule has 0 aliphatic heterocycles. The van der Waals surface area contributed by atoms with Crippen molar-refractivity contribution in [2.45, 2.75) is 19.9 Å². The lowest BCUT2D eigenvalue weighted by molar-refractivity contribution is 0.435. The first-order valence-corrected chi connectivity index (χ1v) is 4.18. The molecule has 72 valence electrons. The number of alkyl halides is 1. The molecule has 0 spiro atoms. The van der Waals surface area contributed by atoms with Gasteiger partial charge in [-0.3, -0.25) is 0 Å². The highest BCUT2D eigenvalue weighted by Crippen LogP contribution is 2.25. The summed E-state index contributed by atoms with van der Waals surface area (Å²) >= 11 is 0. The van der Waals surface area contributed by atoms with Crippen molar-refractivity contribution >= 4 is 0 Å². The summed E-state index contributed by atoms with van der Waals surface area (Å²) in [6.07, 6.45) is 0. The molecule has 1 aromatic rings. The molecule has 0 radical (unpaired) electrons. The van der Waals surface area contributed by atoms with Crippen molar-refractivity contribution in [3.05, 3.63) is 28.8 Å². The minimum absolute atomic E-state index is 0.259. The first kappa shape index (κ1) is 9.99. The smallest absolute Gasteiger partial charge is 0.121 e. The standard InChI is InChI=1S/C10H14FNO/c1-6-3-8(9(12)5-11)4-7(2)10(6)13/h3-4,9,13H,5,12H2,1-2H3/t9-/m1/s1. The lowest BCUT2D eigenvalue weighted by atomic mass is 10.0. The van der Waals surface area contributed by atoms with Crippen LogP contribution in [0.1, 0.15) is 22.7 Å². The second-order valence-electron chi connectivity index (χ2n) is 3.26. The molecule has 13 heavy (non-hydrogen) atoms. The molecule has 0 saturated heterocycles. The second kappa shape index (κ2) is 3.75. The molecule has 0 bridgehead atoms. The van der Waals surface area contributed by atoms with Crippen LogP contribution in [0.5, 0.6) is 5.75 Å². The van der Waals surface area contributed by atoms with Gasteiger partial charge < -0.3 is 10.8 Å². The van der Waals surface area contributed by atoms with E-state index in [1.807, 2.05) is 0 Å². The average Bonchev–Trinajstić information content (AvgIpc) is 2.12. The van der Waals surface area contributed by atoms with Crippen molar-refractivity contribution < 1.29 is 9.50 Å². The van der Waals surface area contributed by atoms with E-state index in [9.17, 15) is 9.50 Å². The van der Waals surface area contributed by atoms with Crippen LogP contribution in [0, 0.1) is 13.8 Å². The Kier molecular flexibility index (Phi) is 2.88. The Labute approximate surface area is 77.2 Å². The molecule has 1 aromatic carbocycles. The van der Waals surface area contributed by atoms with Gasteiger partial charge in [-0.15, -0.1) is 0 Å². The summed E-state index contributed by atoms with van der Waals surface area (Å²) in [5.41, 5.74) is 7.73. The zero-order valence-electron chi connectivity index (χ0n) is 7.84. The van der Waals surface area contributed by atoms with Gasteiger partial charge in [-0.1, -0.05) is 12.1 Å². The minimum atomic E-state index is -0.585. The minimum Gasteiger partial charge on any atom is -0.507 e. The number of aryl methyl sites for hydroxylation is 2. The molecule has 0 aliphatic rings. The predicted molar refractivity (Wildman–Crippen MR) is 50.5 cm³/mol. The van der Waals surface area contributed by atoms with Crippen LogP contribution >= 0.6 is 0 Å². The van der Waals surface area contributed by atoms with Crippen molar-refractivity contribution in [3.8, 4) is 5.75 Å². The summed E-state index contributed by atoms with van der Waals surface area (Å²) in [6.45, 7) is 2.97. The fraction of sp³-hybridized carbons (Fsp3) is 0.400. The van der Waals surface area contributed by atoms with Crippen molar-refractivity contribution in [1.29, 1.82) is 0 Å². The van der Waals surface area contributed by atoms with Crippen LogP contribution in [0.4, 0.5) is 4.39 Å². The van der Waals surface area contributed by atoms with Crippen LogP contribution in [-0.4, -0.2) is 11.8 Å². The first-order valence-electron chi connectivity index (χ1n) is 4.18. The Balaban J connectivity index is 3.13. The molecule has 0 aromatic heterocycles. The zero-order chi connectivity index (χ0) is 10.0. The highest BCUT2D eigenvalue weighted by Gasteiger charge is 2.09. The average molecular weight is 183 g/mol. The molecule has 0 unspecified atom stereocenters. The SMILES string of the molecule is Cc1cc([C@H](N)CF)cc(C)c1O. The summed E-state index contributed by atoms with van der Waals surface area (Å²) in [5.74, 6) is 0.259. The van der Waals surface area contributed by atoms with E-state index in [1.54, 1.807) is 26.0 Å². The number of hydrogen-bond donors (Lipinski definition) is 2. The summed E-state index contributed by atoms with van der Waals surface area (Å²) in [5, 5.41) is 9.45. The third-order valence-corrected chi connectivity index (χ3v) is 2.11. The van der Waals surface area contributed by atoms with Gasteiger partial charge in [-0.25, -0.2) is 4.39 Å². The van der Waals surface area contributed by atoms with Gasteiger partial charge >= 0.3 is 0 Å². The summed E-state index contributed by atoms with van der Waals surface area (Å²) < 4.78 is 12.2. The van der Waals surface area contributed by atoms with Gasteiger partial charge in [-0.2, -0.15) is 0 Å². The van der Waals surface area contributed by atoms with E-state index in [2.05, 4.69) is 0 Å². The highest BCUT2D eigenvalue weighted by molar-refractivity contribution is 5.43. The van der Waals surface area contributed by atoms with E-state index in [4.69, 9.17) is 5.73 Å². The molecule has 0 amide bonds. The Morgan fingerprint density at radius 3 is 2.23 bits per heavy atom. The van der Waals surface area contributed by atoms with Crippen molar-refractivity contribution in [1.82, 2.24) is 0 Å². The number of nitrogens with two attached hydrogens (primary N) is 1. The van der Waals surface area contributed by atoms with Crippen molar-refractivity contribution in [3.63, 3.8) is 0 Å². The molecule has 0 fully saturated rings. The van der Waals surface area contributed by atoms with Gasteiger partial charge in [-0.05, 0) is 30.5 Å². The number of hydrogen-bond acceptors (Lipinski definition) is 2. The lowest BCUT2D eigenvalue weighted by Crippen LogP contribution is -2.12. The molecule has 0 heterocycles. The van der Waals surface area contributed by atoms with Crippen molar-refractivity contribution in [2.24, 2.45) is 5.73 Å². The largest absolute Gasteiger partial charge is 0.507 e. The van der Waals surface area contributed by atoms with Gasteiger partial charge in [0, 0.05) is 0 Å². The Morgan fingerprint density at radius 2 is 1.85 bits per heavy atom. The van der Waals surface area contributed by atoms with Crippen LogP contribution < -0.4 is 5.73 Å². The summed E-state index contributed by atoms with van der Waals surface area (Å²) in [6, 6.07) is 2.84. The molecular formula is C10H14FNO. The topological polar surface area (TPSA) is 46.2 Å². The van der Waals surface area contributed by atoms with E-state index in [0.717, 1.165) is 16.7 Å². The van der Waals surface area contributed by atoms with E-state index in [-0.39, 0.29) is 5.75 Å². The molecular weight excluding hydrogens is 169 g/mol. The van der Waals surface area contributed by atoms with Crippen LogP contribution in [0.15, 0.2) is 12.1 Å². The van der Waals surface area contributed by atoms with Crippen LogP contribution in [-0.2, 0) is 0 Å². The highest BCUT2D eigenvalue weighted by atomic mass is 19.1. The number of phenolic OH excluding ortho intramolecular Hbond substituents is 1. The first-order chi connectivity index (χ1) is 6.06. The Morgan fingerprint density at radius 1 is 1.38 bits per heavy atom. The third-order valence-electron chi connectivity index (χ3n) is 2.11. The van der Waals surface area contributed by atoms with E-state index in [0.29, 0.717) is 0 Å². The van der Waals surface area contributed by atoms with Gasteiger partial charge in [0.1, 0.15) is 12.4 Å². The summed E-state index contributed by atoms with van der Waals surface area (Å²) in [4.78, 5) is 0. The normalized spacial score (nSPS) is 12.9. The fourth-order valence-electron chi connectivity index (χ4n) is 1.29. The molecule has 2 nitrogen and oxygen atoms in total. The molecule has 0 aliphatic carbocycles. The number of rotatable bonds is 2. The van der Waals surface area contributed by atoms with Gasteiger partial charge in [0.05, 0.1) is 6.04 Å². The van der Waals surface area contributed by atoms with E-state index in [1.165, 1.54) is 0 Å². The quantitative estimate of drug-likeness (QED) is 0.736. The third kappa shape index (κ3) is 1.98. The summed E-state index contributed by atoms with van der Waals surface area (Å²) in [7, 11) is 0. The maximum atomic E-state index is 12.2. The van der Waals surface area contributed by atoms with Crippen LogP contribution in [0.25, 0.3) is 0 Å². The van der Waals surface area contributed by atoms with Gasteiger partial charge in [0.15, 0.2) is 0 Å². The predicted octanol–water partition coefficient (Wildman–Crippen LogP) is 1.98. The molecule has 1 atom stereocenters. The number of phenols is 1. The van der Waals surface area contributed by atoms with Gasteiger partial charge in [0.2, 0.25) is 0 Å². The Hall–Kier alpha value is -1.09. The number of aromatic hydroxyl groups is 1. The monoisotopic (exact) mass is 183 g/mol. The maximum absolute atomic E-state index is 12.2. The van der Waals surface area contributed by atoms with Gasteiger partial charge in [0.25, 0.3) is 0 Å². The van der Waals surface area contributed by atoms with Crippen molar-refractivity contribution in [2.75, 3.05) is 6.67 Å².